The number of carboxylic acid groups (broad SMARTS) is 1. The van der Waals surface area contributed by atoms with Crippen molar-refractivity contribution < 1.29 is 32.6 Å². The van der Waals surface area contributed by atoms with E-state index in [1.54, 1.807) is 12.4 Å². The van der Waals surface area contributed by atoms with Crippen molar-refractivity contribution >= 4 is 17.8 Å². The van der Waals surface area contributed by atoms with E-state index in [9.17, 15) is 18.0 Å². The fraction of sp³-hybridized carbons (Fsp3) is 0.700. The zero-order valence-corrected chi connectivity index (χ0v) is 17.2. The van der Waals surface area contributed by atoms with Gasteiger partial charge in [-0.05, 0) is 44.1 Å². The highest BCUT2D eigenvalue weighted by atomic mass is 19.4. The van der Waals surface area contributed by atoms with Crippen LogP contribution in [0.1, 0.15) is 38.5 Å². The molecule has 11 heteroatoms. The van der Waals surface area contributed by atoms with Gasteiger partial charge in [-0.25, -0.2) is 14.8 Å². The average Bonchev–Trinajstić information content (AvgIpc) is 3.40. The number of hydrogen-bond acceptors (Lipinski definition) is 6. The molecule has 1 aromatic heterocycles. The fourth-order valence-electron chi connectivity index (χ4n) is 4.33. The second kappa shape index (κ2) is 9.80. The van der Waals surface area contributed by atoms with E-state index in [0.717, 1.165) is 70.8 Å². The van der Waals surface area contributed by atoms with Gasteiger partial charge in [0, 0.05) is 45.0 Å². The monoisotopic (exact) mass is 444 g/mol. The third-order valence-corrected chi connectivity index (χ3v) is 5.96. The molecule has 172 valence electrons. The minimum Gasteiger partial charge on any atom is -0.475 e. The molecule has 1 amide bonds. The van der Waals surface area contributed by atoms with Gasteiger partial charge in [-0.3, -0.25) is 4.79 Å². The maximum atomic E-state index is 12.4. The summed E-state index contributed by atoms with van der Waals surface area (Å²) in [5.74, 6) is -1.23. The van der Waals surface area contributed by atoms with Crippen molar-refractivity contribution in [2.24, 2.45) is 5.92 Å². The topological polar surface area (TPSA) is 95.9 Å². The third-order valence-electron chi connectivity index (χ3n) is 5.96. The Kier molecular flexibility index (Phi) is 7.34. The van der Waals surface area contributed by atoms with Gasteiger partial charge in [-0.1, -0.05) is 0 Å². The summed E-state index contributed by atoms with van der Waals surface area (Å²) in [4.78, 5) is 34.2. The number of halogens is 3. The molecular formula is C20H27F3N4O4. The van der Waals surface area contributed by atoms with Crippen molar-refractivity contribution in [3.63, 3.8) is 0 Å². The molecule has 0 bridgehead atoms. The minimum atomic E-state index is -5.08. The van der Waals surface area contributed by atoms with Crippen LogP contribution in [0.2, 0.25) is 0 Å². The van der Waals surface area contributed by atoms with Gasteiger partial charge >= 0.3 is 12.1 Å². The van der Waals surface area contributed by atoms with E-state index in [1.807, 2.05) is 11.0 Å². The molecule has 3 fully saturated rings. The van der Waals surface area contributed by atoms with Gasteiger partial charge in [-0.2, -0.15) is 13.2 Å². The molecule has 1 atom stereocenters. The van der Waals surface area contributed by atoms with E-state index < -0.39 is 12.1 Å². The smallest absolute Gasteiger partial charge is 0.475 e. The first-order valence-corrected chi connectivity index (χ1v) is 10.4. The van der Waals surface area contributed by atoms with Gasteiger partial charge in [-0.15, -0.1) is 0 Å². The Morgan fingerprint density at radius 3 is 2.26 bits per heavy atom. The molecule has 31 heavy (non-hydrogen) atoms. The highest BCUT2D eigenvalue weighted by Crippen LogP contribution is 2.40. The number of nitrogens with zero attached hydrogens (tertiary/aromatic N) is 4. The zero-order valence-electron chi connectivity index (χ0n) is 17.2. The summed E-state index contributed by atoms with van der Waals surface area (Å²) in [5, 5.41) is 7.12. The molecule has 0 aliphatic carbocycles. The molecule has 0 aromatic carbocycles. The zero-order chi connectivity index (χ0) is 22.5. The summed E-state index contributed by atoms with van der Waals surface area (Å²) in [6, 6.07) is 1.84. The Labute approximate surface area is 178 Å². The molecule has 1 spiro atoms. The summed E-state index contributed by atoms with van der Waals surface area (Å²) < 4.78 is 37.9. The van der Waals surface area contributed by atoms with Crippen LogP contribution in [0.4, 0.5) is 19.1 Å². The van der Waals surface area contributed by atoms with Crippen molar-refractivity contribution in [2.75, 3.05) is 37.7 Å². The summed E-state index contributed by atoms with van der Waals surface area (Å²) in [7, 11) is 0. The van der Waals surface area contributed by atoms with Gasteiger partial charge in [0.2, 0.25) is 11.9 Å². The lowest BCUT2D eigenvalue weighted by Gasteiger charge is -2.38. The van der Waals surface area contributed by atoms with Gasteiger partial charge < -0.3 is 19.6 Å². The minimum absolute atomic E-state index is 0.0266. The number of ether oxygens (including phenoxy) is 1. The number of aromatic nitrogens is 2. The third kappa shape index (κ3) is 6.28. The Hall–Kier alpha value is -2.43. The molecule has 4 heterocycles. The lowest BCUT2D eigenvalue weighted by molar-refractivity contribution is -0.192. The Bertz CT molecular complexity index is 749. The van der Waals surface area contributed by atoms with E-state index in [1.165, 1.54) is 0 Å². The Morgan fingerprint density at radius 2 is 1.71 bits per heavy atom. The van der Waals surface area contributed by atoms with Gasteiger partial charge in [0.15, 0.2) is 0 Å². The van der Waals surface area contributed by atoms with Crippen LogP contribution in [0.5, 0.6) is 0 Å². The van der Waals surface area contributed by atoms with Crippen molar-refractivity contribution in [3.8, 4) is 0 Å². The number of aliphatic carboxylic acids is 1. The van der Waals surface area contributed by atoms with E-state index in [4.69, 9.17) is 14.6 Å². The summed E-state index contributed by atoms with van der Waals surface area (Å²) in [5.41, 5.74) is -0.0266. The predicted molar refractivity (Wildman–Crippen MR) is 104 cm³/mol. The Balaban J connectivity index is 0.000000339. The Morgan fingerprint density at radius 1 is 1.13 bits per heavy atom. The van der Waals surface area contributed by atoms with Crippen LogP contribution in [0.25, 0.3) is 0 Å². The van der Waals surface area contributed by atoms with E-state index >= 15 is 0 Å². The molecule has 3 aliphatic heterocycles. The van der Waals surface area contributed by atoms with Crippen LogP contribution in [-0.2, 0) is 14.3 Å². The molecule has 0 radical (unpaired) electrons. The molecule has 0 saturated carbocycles. The average molecular weight is 444 g/mol. The SMILES string of the molecule is O=C(CC1COC2(CCN(c3ncccn3)CC2)C1)N1CCCC1.O=C(O)C(F)(F)F. The van der Waals surface area contributed by atoms with E-state index in [2.05, 4.69) is 14.9 Å². The highest BCUT2D eigenvalue weighted by Gasteiger charge is 2.43. The van der Waals surface area contributed by atoms with Crippen molar-refractivity contribution in [1.82, 2.24) is 14.9 Å². The molecular weight excluding hydrogens is 417 g/mol. The van der Waals surface area contributed by atoms with Crippen LogP contribution in [0.3, 0.4) is 0 Å². The van der Waals surface area contributed by atoms with Gasteiger partial charge in [0.05, 0.1) is 12.2 Å². The number of alkyl halides is 3. The quantitative estimate of drug-likeness (QED) is 0.765. The molecule has 4 rings (SSSR count). The van der Waals surface area contributed by atoms with E-state index in [-0.39, 0.29) is 5.60 Å². The van der Waals surface area contributed by atoms with Gasteiger partial charge in [0.25, 0.3) is 0 Å². The highest BCUT2D eigenvalue weighted by molar-refractivity contribution is 5.76. The molecule has 3 saturated heterocycles. The van der Waals surface area contributed by atoms with Crippen molar-refractivity contribution in [2.45, 2.75) is 50.3 Å². The lowest BCUT2D eigenvalue weighted by Crippen LogP contribution is -2.44. The number of likely N-dealkylation sites (tertiary alicyclic amines) is 1. The van der Waals surface area contributed by atoms with Crippen LogP contribution in [-0.4, -0.2) is 76.4 Å². The normalized spacial score (nSPS) is 22.9. The second-order valence-electron chi connectivity index (χ2n) is 8.19. The van der Waals surface area contributed by atoms with Crippen LogP contribution >= 0.6 is 0 Å². The van der Waals surface area contributed by atoms with Crippen LogP contribution in [0.15, 0.2) is 18.5 Å². The van der Waals surface area contributed by atoms with Crippen molar-refractivity contribution in [1.29, 1.82) is 0 Å². The predicted octanol–water partition coefficient (Wildman–Crippen LogP) is 2.50. The molecule has 1 unspecified atom stereocenters. The maximum absolute atomic E-state index is 12.4. The van der Waals surface area contributed by atoms with Crippen LogP contribution < -0.4 is 4.90 Å². The molecule has 1 N–H and O–H groups in total. The van der Waals surface area contributed by atoms with Crippen molar-refractivity contribution in [3.05, 3.63) is 18.5 Å². The second-order valence-corrected chi connectivity index (χ2v) is 8.19. The molecule has 8 nitrogen and oxygen atoms in total. The number of anilines is 1. The fourth-order valence-corrected chi connectivity index (χ4v) is 4.33. The molecule has 1 aromatic rings. The number of carbonyl (C=O) groups excluding carboxylic acids is 1. The standard InChI is InChI=1S/C18H26N4O2.C2HF3O2/c23-16(21-8-1-2-9-21)12-15-13-18(24-14-15)4-10-22(11-5-18)17-19-6-3-7-20-17;3-2(4,5)1(6)7/h3,6-7,15H,1-2,4-5,8-14H2;(H,6,7). The number of rotatable bonds is 3. The largest absolute Gasteiger partial charge is 0.490 e. The van der Waals surface area contributed by atoms with Crippen LogP contribution in [0, 0.1) is 5.92 Å². The number of carbonyl (C=O) groups is 2. The lowest BCUT2D eigenvalue weighted by atomic mass is 9.84. The summed E-state index contributed by atoms with van der Waals surface area (Å²) >= 11 is 0. The first-order valence-electron chi connectivity index (χ1n) is 10.4. The summed E-state index contributed by atoms with van der Waals surface area (Å²) in [6.07, 6.45) is 4.50. The number of hydrogen-bond donors (Lipinski definition) is 1. The number of piperidine rings is 1. The van der Waals surface area contributed by atoms with E-state index in [0.29, 0.717) is 18.2 Å². The summed E-state index contributed by atoms with van der Waals surface area (Å²) in [6.45, 7) is 4.49. The molecule has 3 aliphatic rings. The first kappa shape index (κ1) is 23.2. The first-order chi connectivity index (χ1) is 14.7. The number of carboxylic acids is 1. The van der Waals surface area contributed by atoms with Gasteiger partial charge in [0.1, 0.15) is 0 Å². The maximum Gasteiger partial charge on any atom is 0.490 e. The number of amides is 1.